The molecule has 1 heterocycles. The van der Waals surface area contributed by atoms with Crippen LogP contribution in [-0.2, 0) is 18.3 Å². The van der Waals surface area contributed by atoms with Crippen molar-refractivity contribution in [1.82, 2.24) is 0 Å². The molecular weight excluding hydrogens is 318 g/mol. The van der Waals surface area contributed by atoms with E-state index in [4.69, 9.17) is 11.5 Å². The topological polar surface area (TPSA) is 69.1 Å². The molecule has 1 aliphatic rings. The molecule has 1 aromatic carbocycles. The first kappa shape index (κ1) is 15.9. The minimum atomic E-state index is -2.38. The maximum absolute atomic E-state index is 13.2. The minimum Gasteiger partial charge on any atom is -0.390 e. The van der Waals surface area contributed by atoms with Gasteiger partial charge in [-0.3, -0.25) is 4.79 Å². The van der Waals surface area contributed by atoms with Crippen molar-refractivity contribution in [2.24, 2.45) is 5.73 Å². The number of primary amides is 1. The summed E-state index contributed by atoms with van der Waals surface area (Å²) in [6, 6.07) is 9.42. The number of hydrogen-bond acceptors (Lipinski definition) is 3. The molecule has 1 unspecified atom stereocenters. The summed E-state index contributed by atoms with van der Waals surface area (Å²) in [5.74, 6) is -0.541. The molecule has 0 bridgehead atoms. The highest BCUT2D eigenvalue weighted by Gasteiger charge is 2.40. The first-order valence-electron chi connectivity index (χ1n) is 7.46. The molecule has 122 valence electrons. The minimum absolute atomic E-state index is 0.194. The number of fused-ring (bicyclic) bond motifs is 1. The predicted octanol–water partition coefficient (Wildman–Crippen LogP) is 3.51. The van der Waals surface area contributed by atoms with Crippen LogP contribution in [0.15, 0.2) is 30.3 Å². The highest BCUT2D eigenvalue weighted by atomic mass is 32.1. The van der Waals surface area contributed by atoms with Crippen molar-refractivity contribution in [2.45, 2.75) is 37.5 Å². The summed E-state index contributed by atoms with van der Waals surface area (Å²) in [5, 5.41) is 0.392. The van der Waals surface area contributed by atoms with Crippen molar-refractivity contribution in [3.8, 4) is 0 Å². The summed E-state index contributed by atoms with van der Waals surface area (Å²) >= 11 is 1.30. The standard InChI is InChI=1S/C17H18F2N2OS/c18-13(19)9-17(10-4-2-1-3-5-10)7-6-11-12(8-17)23-16(21)14(11)15(20)22/h1-5,13H,6-9,21H2,(H2,20,22). The zero-order valence-electron chi connectivity index (χ0n) is 12.5. The fourth-order valence-electron chi connectivity index (χ4n) is 3.60. The molecule has 1 aliphatic carbocycles. The van der Waals surface area contributed by atoms with Gasteiger partial charge in [-0.2, -0.15) is 0 Å². The average Bonchev–Trinajstić information content (AvgIpc) is 2.82. The SMILES string of the molecule is NC(=O)c1c(N)sc2c1CCC(CC(F)F)(c1ccccc1)C2. The van der Waals surface area contributed by atoms with Gasteiger partial charge in [-0.15, -0.1) is 11.3 Å². The van der Waals surface area contributed by atoms with Gasteiger partial charge in [0.05, 0.1) is 10.6 Å². The Hall–Kier alpha value is -1.95. The summed E-state index contributed by atoms with van der Waals surface area (Å²) in [6.07, 6.45) is -1.00. The number of hydrogen-bond donors (Lipinski definition) is 2. The Morgan fingerprint density at radius 1 is 1.30 bits per heavy atom. The predicted molar refractivity (Wildman–Crippen MR) is 88.0 cm³/mol. The lowest BCUT2D eigenvalue weighted by atomic mass is 9.67. The monoisotopic (exact) mass is 336 g/mol. The molecule has 23 heavy (non-hydrogen) atoms. The lowest BCUT2D eigenvalue weighted by Gasteiger charge is -2.37. The number of thiophene rings is 1. The van der Waals surface area contributed by atoms with E-state index >= 15 is 0 Å². The normalized spacial score (nSPS) is 20.5. The third-order valence-corrected chi connectivity index (χ3v) is 5.71. The van der Waals surface area contributed by atoms with Crippen LogP contribution in [0.4, 0.5) is 13.8 Å². The van der Waals surface area contributed by atoms with E-state index in [0.717, 1.165) is 16.0 Å². The Morgan fingerprint density at radius 2 is 2.00 bits per heavy atom. The molecule has 0 saturated carbocycles. The summed E-state index contributed by atoms with van der Waals surface area (Å²) in [6.45, 7) is 0. The molecule has 0 fully saturated rings. The number of rotatable bonds is 4. The lowest BCUT2D eigenvalue weighted by Crippen LogP contribution is -2.35. The summed E-state index contributed by atoms with van der Waals surface area (Å²) in [4.78, 5) is 12.5. The van der Waals surface area contributed by atoms with E-state index in [-0.39, 0.29) is 6.42 Å². The van der Waals surface area contributed by atoms with Crippen LogP contribution in [0.1, 0.15) is 39.2 Å². The van der Waals surface area contributed by atoms with Gasteiger partial charge in [0.25, 0.3) is 5.91 Å². The Labute approximate surface area is 137 Å². The van der Waals surface area contributed by atoms with Crippen molar-refractivity contribution in [3.05, 3.63) is 51.9 Å². The molecule has 3 rings (SSSR count). The van der Waals surface area contributed by atoms with E-state index in [1.807, 2.05) is 30.3 Å². The molecule has 2 aromatic rings. The number of halogens is 2. The number of anilines is 1. The molecule has 4 N–H and O–H groups in total. The van der Waals surface area contributed by atoms with Crippen molar-refractivity contribution >= 4 is 22.2 Å². The van der Waals surface area contributed by atoms with Crippen molar-refractivity contribution in [1.29, 1.82) is 0 Å². The van der Waals surface area contributed by atoms with Crippen LogP contribution in [0, 0.1) is 0 Å². The second kappa shape index (κ2) is 5.92. The number of amides is 1. The van der Waals surface area contributed by atoms with E-state index in [1.54, 1.807) is 0 Å². The van der Waals surface area contributed by atoms with Crippen molar-refractivity contribution in [3.63, 3.8) is 0 Å². The van der Waals surface area contributed by atoms with E-state index in [9.17, 15) is 13.6 Å². The van der Waals surface area contributed by atoms with Crippen LogP contribution in [-0.4, -0.2) is 12.3 Å². The average molecular weight is 336 g/mol. The third-order valence-electron chi connectivity index (χ3n) is 4.65. The van der Waals surface area contributed by atoms with Gasteiger partial charge in [-0.05, 0) is 30.4 Å². The molecule has 1 aromatic heterocycles. The largest absolute Gasteiger partial charge is 0.390 e. The number of benzene rings is 1. The Bertz CT molecular complexity index is 730. The molecule has 0 radical (unpaired) electrons. The molecule has 0 spiro atoms. The zero-order valence-corrected chi connectivity index (χ0v) is 13.3. The second-order valence-electron chi connectivity index (χ2n) is 6.03. The van der Waals surface area contributed by atoms with Gasteiger partial charge in [0.15, 0.2) is 0 Å². The number of nitrogens with two attached hydrogens (primary N) is 2. The number of carbonyl (C=O) groups excluding carboxylic acids is 1. The molecule has 1 amide bonds. The van der Waals surface area contributed by atoms with E-state index in [2.05, 4.69) is 0 Å². The number of carbonyl (C=O) groups is 1. The number of nitrogen functional groups attached to an aromatic ring is 1. The fourth-order valence-corrected chi connectivity index (χ4v) is 4.86. The second-order valence-corrected chi connectivity index (χ2v) is 7.16. The van der Waals surface area contributed by atoms with Crippen LogP contribution >= 0.6 is 11.3 Å². The van der Waals surface area contributed by atoms with Gasteiger partial charge >= 0.3 is 0 Å². The van der Waals surface area contributed by atoms with Crippen molar-refractivity contribution in [2.75, 3.05) is 5.73 Å². The Morgan fingerprint density at radius 3 is 2.61 bits per heavy atom. The highest BCUT2D eigenvalue weighted by Crippen LogP contribution is 2.47. The zero-order chi connectivity index (χ0) is 16.6. The lowest BCUT2D eigenvalue weighted by molar-refractivity contribution is 0.0956. The van der Waals surface area contributed by atoms with E-state index in [0.29, 0.717) is 29.8 Å². The van der Waals surface area contributed by atoms with Gasteiger partial charge in [-0.1, -0.05) is 30.3 Å². The van der Waals surface area contributed by atoms with Gasteiger partial charge in [0.1, 0.15) is 0 Å². The molecular formula is C17H18F2N2OS. The molecule has 6 heteroatoms. The Balaban J connectivity index is 2.05. The first-order valence-corrected chi connectivity index (χ1v) is 8.28. The molecule has 0 aliphatic heterocycles. The first-order chi connectivity index (χ1) is 10.9. The number of alkyl halides is 2. The molecule has 1 atom stereocenters. The van der Waals surface area contributed by atoms with Crippen LogP contribution < -0.4 is 11.5 Å². The summed E-state index contributed by atoms with van der Waals surface area (Å²) in [5.41, 5.74) is 12.9. The van der Waals surface area contributed by atoms with E-state index < -0.39 is 17.7 Å². The van der Waals surface area contributed by atoms with E-state index in [1.165, 1.54) is 11.3 Å². The maximum Gasteiger partial charge on any atom is 0.251 e. The fraction of sp³-hybridized carbons (Fsp3) is 0.353. The maximum atomic E-state index is 13.2. The van der Waals surface area contributed by atoms with Gasteiger partial charge in [0, 0.05) is 16.7 Å². The smallest absolute Gasteiger partial charge is 0.251 e. The quantitative estimate of drug-likeness (QED) is 0.897. The highest BCUT2D eigenvalue weighted by molar-refractivity contribution is 7.16. The Kier molecular flexibility index (Phi) is 4.10. The summed E-state index contributed by atoms with van der Waals surface area (Å²) in [7, 11) is 0. The van der Waals surface area contributed by atoms with Crippen LogP contribution in [0.5, 0.6) is 0 Å². The van der Waals surface area contributed by atoms with Crippen LogP contribution in [0.3, 0.4) is 0 Å². The van der Waals surface area contributed by atoms with Crippen molar-refractivity contribution < 1.29 is 13.6 Å². The van der Waals surface area contributed by atoms with Gasteiger partial charge in [-0.25, -0.2) is 8.78 Å². The van der Waals surface area contributed by atoms with Gasteiger partial charge < -0.3 is 11.5 Å². The summed E-state index contributed by atoms with van der Waals surface area (Å²) < 4.78 is 26.5. The molecule has 0 saturated heterocycles. The third kappa shape index (κ3) is 2.83. The van der Waals surface area contributed by atoms with Crippen LogP contribution in [0.2, 0.25) is 0 Å². The van der Waals surface area contributed by atoms with Gasteiger partial charge in [0.2, 0.25) is 6.43 Å². The molecule has 3 nitrogen and oxygen atoms in total. The van der Waals surface area contributed by atoms with Crippen LogP contribution in [0.25, 0.3) is 0 Å².